The van der Waals surface area contributed by atoms with Gasteiger partial charge in [0, 0.05) is 40.6 Å². The molecule has 0 saturated carbocycles. The summed E-state index contributed by atoms with van der Waals surface area (Å²) in [5, 5.41) is 5.14. The first-order valence-corrected chi connectivity index (χ1v) is 7.50. The zero-order valence-corrected chi connectivity index (χ0v) is 13.0. The minimum Gasteiger partial charge on any atom is -0.478 e. The van der Waals surface area contributed by atoms with E-state index in [1.54, 1.807) is 12.4 Å². The first-order chi connectivity index (χ1) is 10.8. The standard InChI is InChI=1S/C17H16ClN3O/c1-2-22-17-12(4-3-8-20-17)11-21-15-7-9-19-16-10-13(18)5-6-14(15)16/h3-10H,2,11H2,1H3,(H,19,21). The van der Waals surface area contributed by atoms with Crippen LogP contribution < -0.4 is 10.1 Å². The van der Waals surface area contributed by atoms with E-state index >= 15 is 0 Å². The quantitative estimate of drug-likeness (QED) is 0.763. The summed E-state index contributed by atoms with van der Waals surface area (Å²) in [6.45, 7) is 3.18. The van der Waals surface area contributed by atoms with Crippen LogP contribution in [-0.4, -0.2) is 16.6 Å². The van der Waals surface area contributed by atoms with Crippen molar-refractivity contribution < 1.29 is 4.74 Å². The molecule has 0 radical (unpaired) electrons. The molecule has 1 N–H and O–H groups in total. The highest BCUT2D eigenvalue weighted by Crippen LogP contribution is 2.25. The van der Waals surface area contributed by atoms with Gasteiger partial charge in [-0.2, -0.15) is 0 Å². The highest BCUT2D eigenvalue weighted by atomic mass is 35.5. The van der Waals surface area contributed by atoms with Crippen LogP contribution in [0.5, 0.6) is 5.88 Å². The summed E-state index contributed by atoms with van der Waals surface area (Å²) in [7, 11) is 0. The number of hydrogen-bond donors (Lipinski definition) is 1. The molecule has 112 valence electrons. The molecule has 3 rings (SSSR count). The van der Waals surface area contributed by atoms with E-state index in [4.69, 9.17) is 16.3 Å². The summed E-state index contributed by atoms with van der Waals surface area (Å²) in [5.41, 5.74) is 2.89. The first-order valence-electron chi connectivity index (χ1n) is 7.12. The van der Waals surface area contributed by atoms with Gasteiger partial charge in [0.1, 0.15) is 0 Å². The summed E-state index contributed by atoms with van der Waals surface area (Å²) >= 11 is 6.01. The van der Waals surface area contributed by atoms with Gasteiger partial charge in [0.05, 0.1) is 12.1 Å². The molecule has 3 aromatic rings. The molecule has 0 aliphatic heterocycles. The number of nitrogens with one attached hydrogen (secondary N) is 1. The second-order valence-electron chi connectivity index (χ2n) is 4.77. The normalized spacial score (nSPS) is 10.6. The summed E-state index contributed by atoms with van der Waals surface area (Å²) in [6, 6.07) is 11.6. The van der Waals surface area contributed by atoms with E-state index < -0.39 is 0 Å². The molecule has 22 heavy (non-hydrogen) atoms. The van der Waals surface area contributed by atoms with Crippen molar-refractivity contribution in [3.63, 3.8) is 0 Å². The average Bonchev–Trinajstić information content (AvgIpc) is 2.54. The zero-order valence-electron chi connectivity index (χ0n) is 12.2. The molecule has 0 aliphatic rings. The van der Waals surface area contributed by atoms with Gasteiger partial charge in [-0.1, -0.05) is 17.7 Å². The van der Waals surface area contributed by atoms with Gasteiger partial charge in [0.25, 0.3) is 0 Å². The van der Waals surface area contributed by atoms with Gasteiger partial charge in [-0.15, -0.1) is 0 Å². The fourth-order valence-corrected chi connectivity index (χ4v) is 2.46. The van der Waals surface area contributed by atoms with Crippen LogP contribution in [0.4, 0.5) is 5.69 Å². The number of hydrogen-bond acceptors (Lipinski definition) is 4. The Labute approximate surface area is 134 Å². The van der Waals surface area contributed by atoms with Crippen molar-refractivity contribution in [1.29, 1.82) is 0 Å². The predicted octanol–water partition coefficient (Wildman–Crippen LogP) is 4.29. The third-order valence-electron chi connectivity index (χ3n) is 3.31. The van der Waals surface area contributed by atoms with Gasteiger partial charge in [-0.05, 0) is 37.3 Å². The molecular weight excluding hydrogens is 298 g/mol. The second-order valence-corrected chi connectivity index (χ2v) is 5.21. The highest BCUT2D eigenvalue weighted by molar-refractivity contribution is 6.31. The van der Waals surface area contributed by atoms with Crippen LogP contribution in [0.1, 0.15) is 12.5 Å². The molecule has 0 saturated heterocycles. The summed E-state index contributed by atoms with van der Waals surface area (Å²) < 4.78 is 5.55. The summed E-state index contributed by atoms with van der Waals surface area (Å²) in [6.07, 6.45) is 3.51. The lowest BCUT2D eigenvalue weighted by molar-refractivity contribution is 0.323. The van der Waals surface area contributed by atoms with Crippen molar-refractivity contribution in [2.45, 2.75) is 13.5 Å². The Morgan fingerprint density at radius 3 is 2.91 bits per heavy atom. The Hall–Kier alpha value is -2.33. The van der Waals surface area contributed by atoms with Crippen LogP contribution in [0.25, 0.3) is 10.9 Å². The third kappa shape index (κ3) is 3.12. The number of fused-ring (bicyclic) bond motifs is 1. The van der Waals surface area contributed by atoms with Crippen molar-refractivity contribution >= 4 is 28.2 Å². The predicted molar refractivity (Wildman–Crippen MR) is 89.5 cm³/mol. The minimum atomic E-state index is 0.598. The topological polar surface area (TPSA) is 47.0 Å². The molecule has 0 bridgehead atoms. The van der Waals surface area contributed by atoms with Crippen LogP contribution in [0.3, 0.4) is 0 Å². The molecule has 1 aromatic carbocycles. The van der Waals surface area contributed by atoms with Gasteiger partial charge in [-0.3, -0.25) is 4.98 Å². The van der Waals surface area contributed by atoms with Crippen LogP contribution in [0.15, 0.2) is 48.8 Å². The zero-order chi connectivity index (χ0) is 15.4. The Morgan fingerprint density at radius 1 is 1.14 bits per heavy atom. The molecule has 0 unspecified atom stereocenters. The van der Waals surface area contributed by atoms with E-state index in [1.807, 2.05) is 43.3 Å². The maximum atomic E-state index is 6.01. The van der Waals surface area contributed by atoms with E-state index in [-0.39, 0.29) is 0 Å². The van der Waals surface area contributed by atoms with E-state index in [9.17, 15) is 0 Å². The van der Waals surface area contributed by atoms with Crippen LogP contribution in [0, 0.1) is 0 Å². The Morgan fingerprint density at radius 2 is 2.05 bits per heavy atom. The average molecular weight is 314 g/mol. The van der Waals surface area contributed by atoms with E-state index in [0.29, 0.717) is 24.1 Å². The fourth-order valence-electron chi connectivity index (χ4n) is 2.29. The van der Waals surface area contributed by atoms with Gasteiger partial charge in [0.2, 0.25) is 5.88 Å². The minimum absolute atomic E-state index is 0.598. The second kappa shape index (κ2) is 6.62. The van der Waals surface area contributed by atoms with Crippen molar-refractivity contribution in [3.05, 3.63) is 59.4 Å². The van der Waals surface area contributed by atoms with Gasteiger partial charge in [0.15, 0.2) is 0 Å². The molecule has 0 fully saturated rings. The SMILES string of the molecule is CCOc1ncccc1CNc1ccnc2cc(Cl)ccc12. The molecule has 0 atom stereocenters. The molecule has 0 amide bonds. The molecule has 2 aromatic heterocycles. The molecule has 0 aliphatic carbocycles. The van der Waals surface area contributed by atoms with E-state index in [2.05, 4.69) is 15.3 Å². The van der Waals surface area contributed by atoms with Gasteiger partial charge >= 0.3 is 0 Å². The smallest absolute Gasteiger partial charge is 0.218 e. The number of halogens is 1. The van der Waals surface area contributed by atoms with Crippen LogP contribution >= 0.6 is 11.6 Å². The number of anilines is 1. The third-order valence-corrected chi connectivity index (χ3v) is 3.54. The Balaban J connectivity index is 1.85. The van der Waals surface area contributed by atoms with Crippen molar-refractivity contribution in [2.75, 3.05) is 11.9 Å². The Kier molecular flexibility index (Phi) is 4.39. The molecule has 0 spiro atoms. The van der Waals surface area contributed by atoms with E-state index in [1.165, 1.54) is 0 Å². The number of ether oxygens (including phenoxy) is 1. The monoisotopic (exact) mass is 313 g/mol. The number of benzene rings is 1. The van der Waals surface area contributed by atoms with Crippen molar-refractivity contribution in [1.82, 2.24) is 9.97 Å². The maximum Gasteiger partial charge on any atom is 0.218 e. The molecular formula is C17H16ClN3O. The maximum absolute atomic E-state index is 6.01. The molecule has 4 nitrogen and oxygen atoms in total. The highest BCUT2D eigenvalue weighted by Gasteiger charge is 2.06. The number of pyridine rings is 2. The Bertz CT molecular complexity index is 792. The molecule has 2 heterocycles. The van der Waals surface area contributed by atoms with Crippen molar-refractivity contribution in [2.24, 2.45) is 0 Å². The lowest BCUT2D eigenvalue weighted by Gasteiger charge is -2.12. The van der Waals surface area contributed by atoms with Crippen LogP contribution in [0.2, 0.25) is 5.02 Å². The number of nitrogens with zero attached hydrogens (tertiary/aromatic N) is 2. The van der Waals surface area contributed by atoms with Crippen LogP contribution in [-0.2, 0) is 6.54 Å². The lowest BCUT2D eigenvalue weighted by atomic mass is 10.2. The fraction of sp³-hybridized carbons (Fsp3) is 0.176. The lowest BCUT2D eigenvalue weighted by Crippen LogP contribution is -2.05. The van der Waals surface area contributed by atoms with E-state index in [0.717, 1.165) is 22.2 Å². The largest absolute Gasteiger partial charge is 0.478 e. The number of rotatable bonds is 5. The van der Waals surface area contributed by atoms with Crippen molar-refractivity contribution in [3.8, 4) is 5.88 Å². The van der Waals surface area contributed by atoms with Gasteiger partial charge in [-0.25, -0.2) is 4.98 Å². The molecule has 5 heteroatoms. The number of aromatic nitrogens is 2. The summed E-state index contributed by atoms with van der Waals surface area (Å²) in [4.78, 5) is 8.61. The first kappa shape index (κ1) is 14.6. The van der Waals surface area contributed by atoms with Gasteiger partial charge < -0.3 is 10.1 Å². The summed E-state index contributed by atoms with van der Waals surface area (Å²) in [5.74, 6) is 0.666.